The monoisotopic (exact) mass is 260 g/mol. The zero-order chi connectivity index (χ0) is 13.4. The number of carboxylic acids is 1. The Labute approximate surface area is 106 Å². The lowest BCUT2D eigenvalue weighted by atomic mass is 10.1. The minimum atomic E-state index is -1.16. The van der Waals surface area contributed by atoms with Crippen LogP contribution in [-0.2, 0) is 4.79 Å². The number of carboxylic acid groups (broad SMARTS) is 1. The first-order chi connectivity index (χ1) is 9.13. The van der Waals surface area contributed by atoms with Gasteiger partial charge in [0.2, 0.25) is 0 Å². The first kappa shape index (κ1) is 11.3. The van der Waals surface area contributed by atoms with E-state index in [1.54, 1.807) is 18.2 Å². The van der Waals surface area contributed by atoms with E-state index in [1.807, 2.05) is 0 Å². The average Bonchev–Trinajstić information content (AvgIpc) is 2.87. The van der Waals surface area contributed by atoms with E-state index in [2.05, 4.69) is 10.5 Å². The maximum absolute atomic E-state index is 11.2. The summed E-state index contributed by atoms with van der Waals surface area (Å²) in [6.07, 6.45) is 0. The van der Waals surface area contributed by atoms with Crippen molar-refractivity contribution in [2.24, 2.45) is 0 Å². The summed E-state index contributed by atoms with van der Waals surface area (Å²) in [5.74, 6) is -0.542. The number of amides is 1. The van der Waals surface area contributed by atoms with Gasteiger partial charge in [-0.25, -0.2) is 4.79 Å². The van der Waals surface area contributed by atoms with Crippen LogP contribution in [0.5, 0.6) is 5.75 Å². The summed E-state index contributed by atoms with van der Waals surface area (Å²) in [6.45, 7) is -0.0161. The van der Waals surface area contributed by atoms with Crippen molar-refractivity contribution >= 4 is 17.6 Å². The Kier molecular flexibility index (Phi) is 2.45. The molecule has 96 valence electrons. The molecule has 2 heterocycles. The van der Waals surface area contributed by atoms with Crippen LogP contribution in [0.3, 0.4) is 0 Å². The summed E-state index contributed by atoms with van der Waals surface area (Å²) >= 11 is 0. The quantitative estimate of drug-likeness (QED) is 0.845. The predicted molar refractivity (Wildman–Crippen MR) is 63.0 cm³/mol. The van der Waals surface area contributed by atoms with Crippen LogP contribution in [0.4, 0.5) is 5.69 Å². The topological polar surface area (TPSA) is 102 Å². The molecular formula is C12H8N2O5. The third-order valence-electron chi connectivity index (χ3n) is 2.63. The lowest BCUT2D eigenvalue weighted by Crippen LogP contribution is -2.25. The number of benzene rings is 1. The zero-order valence-electron chi connectivity index (χ0n) is 9.54. The number of aromatic carboxylic acids is 1. The summed E-state index contributed by atoms with van der Waals surface area (Å²) in [6, 6.07) is 6.32. The molecule has 0 fully saturated rings. The number of nitrogens with zero attached hydrogens (tertiary/aromatic N) is 1. The van der Waals surface area contributed by atoms with Crippen LogP contribution in [0.25, 0.3) is 11.3 Å². The number of anilines is 1. The second-order valence-corrected chi connectivity index (χ2v) is 3.93. The first-order valence-corrected chi connectivity index (χ1v) is 5.40. The fourth-order valence-corrected chi connectivity index (χ4v) is 1.75. The van der Waals surface area contributed by atoms with E-state index in [-0.39, 0.29) is 18.2 Å². The van der Waals surface area contributed by atoms with Gasteiger partial charge in [0.25, 0.3) is 5.91 Å². The van der Waals surface area contributed by atoms with Crippen molar-refractivity contribution in [2.75, 3.05) is 11.9 Å². The van der Waals surface area contributed by atoms with Crippen LogP contribution in [0.2, 0.25) is 0 Å². The van der Waals surface area contributed by atoms with Gasteiger partial charge in [-0.1, -0.05) is 5.16 Å². The molecular weight excluding hydrogens is 252 g/mol. The van der Waals surface area contributed by atoms with Crippen molar-refractivity contribution in [1.82, 2.24) is 5.16 Å². The van der Waals surface area contributed by atoms with Crippen molar-refractivity contribution in [2.45, 2.75) is 0 Å². The van der Waals surface area contributed by atoms with Crippen molar-refractivity contribution in [1.29, 1.82) is 0 Å². The zero-order valence-corrected chi connectivity index (χ0v) is 9.54. The van der Waals surface area contributed by atoms with Crippen molar-refractivity contribution in [3.05, 3.63) is 30.0 Å². The molecule has 19 heavy (non-hydrogen) atoms. The lowest BCUT2D eigenvalue weighted by Gasteiger charge is -2.17. The fourth-order valence-electron chi connectivity index (χ4n) is 1.75. The Morgan fingerprint density at radius 2 is 2.21 bits per heavy atom. The molecule has 0 radical (unpaired) electrons. The SMILES string of the molecule is O=C1COc2ccc(-c3cc(C(=O)O)no3)cc2N1. The van der Waals surface area contributed by atoms with Gasteiger partial charge in [0.1, 0.15) is 5.75 Å². The number of carbonyl (C=O) groups is 2. The number of fused-ring (bicyclic) bond motifs is 1. The first-order valence-electron chi connectivity index (χ1n) is 5.40. The maximum Gasteiger partial charge on any atom is 0.358 e. The number of ether oxygens (including phenoxy) is 1. The van der Waals surface area contributed by atoms with Crippen LogP contribution in [0.1, 0.15) is 10.5 Å². The van der Waals surface area contributed by atoms with Crippen LogP contribution in [0.15, 0.2) is 28.8 Å². The van der Waals surface area contributed by atoms with E-state index in [4.69, 9.17) is 14.4 Å². The highest BCUT2D eigenvalue weighted by Crippen LogP contribution is 2.32. The van der Waals surface area contributed by atoms with Gasteiger partial charge in [-0.2, -0.15) is 0 Å². The Balaban J connectivity index is 1.99. The van der Waals surface area contributed by atoms with Crippen LogP contribution in [0, 0.1) is 0 Å². The van der Waals surface area contributed by atoms with Gasteiger partial charge in [-0.05, 0) is 18.2 Å². The molecule has 0 spiro atoms. The minimum Gasteiger partial charge on any atom is -0.482 e. The van der Waals surface area contributed by atoms with Gasteiger partial charge in [-0.15, -0.1) is 0 Å². The molecule has 0 unspecified atom stereocenters. The predicted octanol–water partition coefficient (Wildman–Crippen LogP) is 1.37. The lowest BCUT2D eigenvalue weighted by molar-refractivity contribution is -0.118. The molecule has 7 heteroatoms. The van der Waals surface area contributed by atoms with Gasteiger partial charge >= 0.3 is 5.97 Å². The van der Waals surface area contributed by atoms with Crippen molar-refractivity contribution in [3.8, 4) is 17.1 Å². The summed E-state index contributed by atoms with van der Waals surface area (Å²) in [5.41, 5.74) is 0.944. The molecule has 2 N–H and O–H groups in total. The van der Waals surface area contributed by atoms with Gasteiger partial charge in [0.05, 0.1) is 5.69 Å². The summed E-state index contributed by atoms with van der Waals surface area (Å²) in [5, 5.41) is 14.9. The van der Waals surface area contributed by atoms with Crippen molar-refractivity contribution in [3.63, 3.8) is 0 Å². The van der Waals surface area contributed by atoms with Crippen LogP contribution >= 0.6 is 0 Å². The van der Waals surface area contributed by atoms with Crippen LogP contribution in [-0.4, -0.2) is 28.7 Å². The van der Waals surface area contributed by atoms with E-state index >= 15 is 0 Å². The highest BCUT2D eigenvalue weighted by molar-refractivity contribution is 5.96. The molecule has 1 aromatic heterocycles. The number of rotatable bonds is 2. The highest BCUT2D eigenvalue weighted by Gasteiger charge is 2.18. The molecule has 2 aromatic rings. The van der Waals surface area contributed by atoms with E-state index in [0.717, 1.165) is 0 Å². The molecule has 1 amide bonds. The maximum atomic E-state index is 11.2. The molecule has 0 bridgehead atoms. The number of aromatic nitrogens is 1. The summed E-state index contributed by atoms with van der Waals surface area (Å²) in [4.78, 5) is 21.9. The van der Waals surface area contributed by atoms with Gasteiger partial charge < -0.3 is 19.7 Å². The Bertz CT molecular complexity index is 677. The normalized spacial score (nSPS) is 13.4. The third kappa shape index (κ3) is 2.01. The Hall–Kier alpha value is -2.83. The van der Waals surface area contributed by atoms with Gasteiger partial charge in [-0.3, -0.25) is 4.79 Å². The molecule has 0 atom stereocenters. The second-order valence-electron chi connectivity index (χ2n) is 3.93. The van der Waals surface area contributed by atoms with E-state index in [9.17, 15) is 9.59 Å². The summed E-state index contributed by atoms with van der Waals surface area (Å²) < 4.78 is 10.2. The third-order valence-corrected chi connectivity index (χ3v) is 2.63. The van der Waals surface area contributed by atoms with E-state index in [0.29, 0.717) is 22.8 Å². The standard InChI is InChI=1S/C12H8N2O5/c15-11-5-18-9-2-1-6(3-7(9)13-11)10-4-8(12(16)17)14-19-10/h1-4H,5H2,(H,13,15)(H,16,17). The van der Waals surface area contributed by atoms with Gasteiger partial charge in [0.15, 0.2) is 18.1 Å². The molecule has 7 nitrogen and oxygen atoms in total. The minimum absolute atomic E-state index is 0.0161. The second kappa shape index (κ2) is 4.13. The summed E-state index contributed by atoms with van der Waals surface area (Å²) in [7, 11) is 0. The number of carbonyl (C=O) groups excluding carboxylic acids is 1. The van der Waals surface area contributed by atoms with E-state index in [1.165, 1.54) is 6.07 Å². The van der Waals surface area contributed by atoms with Gasteiger partial charge in [0, 0.05) is 11.6 Å². The fraction of sp³-hybridized carbons (Fsp3) is 0.0833. The number of hydrogen-bond donors (Lipinski definition) is 2. The molecule has 0 saturated heterocycles. The van der Waals surface area contributed by atoms with Crippen molar-refractivity contribution < 1.29 is 24.0 Å². The average molecular weight is 260 g/mol. The molecule has 1 aliphatic heterocycles. The molecule has 3 rings (SSSR count). The molecule has 1 aliphatic rings. The Morgan fingerprint density at radius 1 is 1.37 bits per heavy atom. The Morgan fingerprint density at radius 3 is 2.95 bits per heavy atom. The van der Waals surface area contributed by atoms with Crippen LogP contribution < -0.4 is 10.1 Å². The number of hydrogen-bond acceptors (Lipinski definition) is 5. The smallest absolute Gasteiger partial charge is 0.358 e. The molecule has 1 aromatic carbocycles. The largest absolute Gasteiger partial charge is 0.482 e. The molecule has 0 aliphatic carbocycles. The molecule has 0 saturated carbocycles. The van der Waals surface area contributed by atoms with E-state index < -0.39 is 5.97 Å². The highest BCUT2D eigenvalue weighted by atomic mass is 16.5. The number of nitrogens with one attached hydrogen (secondary N) is 1.